The van der Waals surface area contributed by atoms with Crippen LogP contribution in [0.15, 0.2) is 0 Å². The van der Waals surface area contributed by atoms with Gasteiger partial charge in [0.15, 0.2) is 0 Å². The van der Waals surface area contributed by atoms with E-state index < -0.39 is 53.9 Å². The molecule has 0 aliphatic carbocycles. The van der Waals surface area contributed by atoms with Crippen molar-refractivity contribution in [2.45, 2.75) is 93.6 Å². The quantitative estimate of drug-likeness (QED) is 0.132. The molecule has 0 N–H and O–H groups in total. The van der Waals surface area contributed by atoms with Crippen LogP contribution in [0.2, 0.25) is 0 Å². The van der Waals surface area contributed by atoms with Gasteiger partial charge in [0.25, 0.3) is 0 Å². The lowest BCUT2D eigenvalue weighted by atomic mass is 9.91. The van der Waals surface area contributed by atoms with Gasteiger partial charge in [-0.1, -0.05) is 32.1 Å². The van der Waals surface area contributed by atoms with E-state index in [0.29, 0.717) is 25.7 Å². The number of hydrogen-bond donors (Lipinski definition) is 0. The van der Waals surface area contributed by atoms with Crippen LogP contribution in [0.1, 0.15) is 57.8 Å². The van der Waals surface area contributed by atoms with Crippen LogP contribution in [0.3, 0.4) is 0 Å². The first-order chi connectivity index (χ1) is 13.7. The lowest BCUT2D eigenvalue weighted by molar-refractivity contribution is -0.440. The van der Waals surface area contributed by atoms with Gasteiger partial charge in [-0.25, -0.2) is 0 Å². The number of hydrogen-bond acceptors (Lipinski definition) is 1. The Morgan fingerprint density at radius 1 is 0.516 bits per heavy atom. The maximum absolute atomic E-state index is 13.5. The second-order valence-electron chi connectivity index (χ2n) is 6.83. The van der Waals surface area contributed by atoms with Crippen molar-refractivity contribution in [1.29, 1.82) is 0 Å². The van der Waals surface area contributed by atoms with Crippen LogP contribution in [-0.4, -0.2) is 41.0 Å². The van der Waals surface area contributed by atoms with Crippen molar-refractivity contribution < 1.29 is 61.9 Å². The van der Waals surface area contributed by atoms with Crippen molar-refractivity contribution in [1.82, 2.24) is 0 Å². The average molecular weight is 509 g/mol. The third-order valence-corrected chi connectivity index (χ3v) is 4.55. The van der Waals surface area contributed by atoms with E-state index in [9.17, 15) is 61.9 Å². The van der Waals surface area contributed by atoms with Crippen molar-refractivity contribution in [2.75, 3.05) is 0 Å². The van der Waals surface area contributed by atoms with Gasteiger partial charge in [0, 0.05) is 12.8 Å². The summed E-state index contributed by atoms with van der Waals surface area (Å²) in [6.45, 7) is 0. The van der Waals surface area contributed by atoms with Crippen LogP contribution in [-0.2, 0) is 4.79 Å². The summed E-state index contributed by atoms with van der Waals surface area (Å²) < 4.78 is 168. The molecule has 0 aliphatic heterocycles. The van der Waals surface area contributed by atoms with Crippen LogP contribution in [0.5, 0.6) is 0 Å². The van der Waals surface area contributed by atoms with Crippen LogP contribution in [0, 0.1) is 0 Å². The molecule has 0 aromatic carbocycles. The molecule has 0 rings (SSSR count). The van der Waals surface area contributed by atoms with Crippen LogP contribution >= 0.6 is 11.6 Å². The zero-order valence-corrected chi connectivity index (χ0v) is 16.3. The highest BCUT2D eigenvalue weighted by atomic mass is 35.5. The SMILES string of the molecule is O=C(Cl)CCCCCCCCCC(F)(F)C(F)(F)C(F)(F)C(F)(F)C(F)(F)C(F)(F)F. The number of rotatable bonds is 14. The molecule has 0 atom stereocenters. The topological polar surface area (TPSA) is 17.1 Å². The lowest BCUT2D eigenvalue weighted by Gasteiger charge is -2.39. The third-order valence-electron chi connectivity index (χ3n) is 4.36. The van der Waals surface area contributed by atoms with E-state index in [1.54, 1.807) is 0 Å². The highest BCUT2D eigenvalue weighted by Gasteiger charge is 2.90. The molecule has 186 valence electrons. The Kier molecular flexibility index (Phi) is 10.0. The Morgan fingerprint density at radius 3 is 1.26 bits per heavy atom. The summed E-state index contributed by atoms with van der Waals surface area (Å²) in [5.74, 6) is -36.5. The molecule has 0 aliphatic rings. The Labute approximate surface area is 173 Å². The normalized spacial score (nSPS) is 14.8. The Bertz CT molecular complexity index is 587. The van der Waals surface area contributed by atoms with Gasteiger partial charge in [-0.15, -0.1) is 0 Å². The molecule has 0 aromatic heterocycles. The minimum Gasteiger partial charge on any atom is -0.281 e. The molecule has 0 heterocycles. The van der Waals surface area contributed by atoms with E-state index >= 15 is 0 Å². The maximum Gasteiger partial charge on any atom is 0.460 e. The molecule has 0 radical (unpaired) electrons. The van der Waals surface area contributed by atoms with E-state index in [2.05, 4.69) is 0 Å². The first kappa shape index (κ1) is 30.0. The minimum absolute atomic E-state index is 0.0924. The molecule has 0 aromatic rings. The molecule has 31 heavy (non-hydrogen) atoms. The van der Waals surface area contributed by atoms with E-state index in [1.807, 2.05) is 0 Å². The molecule has 0 saturated heterocycles. The predicted molar refractivity (Wildman–Crippen MR) is 83.2 cm³/mol. The fourth-order valence-electron chi connectivity index (χ4n) is 2.45. The molecule has 0 saturated carbocycles. The maximum atomic E-state index is 13.5. The second-order valence-corrected chi connectivity index (χ2v) is 7.25. The molecule has 0 bridgehead atoms. The van der Waals surface area contributed by atoms with Gasteiger partial charge in [-0.2, -0.15) is 57.1 Å². The predicted octanol–water partition coefficient (Wildman–Crippen LogP) is 8.00. The molecular formula is C16H18ClF13O. The van der Waals surface area contributed by atoms with Crippen LogP contribution < -0.4 is 0 Å². The molecule has 1 nitrogen and oxygen atoms in total. The number of halogens is 14. The van der Waals surface area contributed by atoms with Gasteiger partial charge in [-0.3, -0.25) is 4.79 Å². The lowest BCUT2D eigenvalue weighted by Crippen LogP contribution is -2.70. The fourth-order valence-corrected chi connectivity index (χ4v) is 2.59. The summed E-state index contributed by atoms with van der Waals surface area (Å²) in [5.41, 5.74) is 0. The van der Waals surface area contributed by atoms with E-state index in [-0.39, 0.29) is 19.3 Å². The number of carbonyl (C=O) groups excluding carboxylic acids is 1. The minimum atomic E-state index is -7.85. The summed E-state index contributed by atoms with van der Waals surface area (Å²) in [6.07, 6.45) is -8.74. The molecular weight excluding hydrogens is 491 g/mol. The number of carbonyl (C=O) groups is 1. The molecule has 0 amide bonds. The number of alkyl halides is 13. The largest absolute Gasteiger partial charge is 0.460 e. The van der Waals surface area contributed by atoms with Crippen molar-refractivity contribution in [3.05, 3.63) is 0 Å². The van der Waals surface area contributed by atoms with E-state index in [4.69, 9.17) is 11.6 Å². The Morgan fingerprint density at radius 2 is 0.871 bits per heavy atom. The first-order valence-corrected chi connectivity index (χ1v) is 9.18. The summed E-state index contributed by atoms with van der Waals surface area (Å²) in [5, 5.41) is -0.571. The smallest absolute Gasteiger partial charge is 0.281 e. The standard InChI is InChI=1S/C16H18ClF13O/c17-10(31)8-6-4-2-1-3-5-7-9-11(18,19)12(20,21)13(22,23)14(24,25)15(26,27)16(28,29)30/h1-9H2. The highest BCUT2D eigenvalue weighted by Crippen LogP contribution is 2.60. The van der Waals surface area contributed by atoms with Crippen molar-refractivity contribution in [3.63, 3.8) is 0 Å². The molecule has 0 spiro atoms. The van der Waals surface area contributed by atoms with Gasteiger partial charge in [0.2, 0.25) is 5.24 Å². The summed E-state index contributed by atoms with van der Waals surface area (Å²) in [7, 11) is 0. The molecule has 15 heteroatoms. The van der Waals surface area contributed by atoms with Crippen LogP contribution in [0.4, 0.5) is 57.1 Å². The fraction of sp³-hybridized carbons (Fsp3) is 0.938. The van der Waals surface area contributed by atoms with E-state index in [0.717, 1.165) is 0 Å². The van der Waals surface area contributed by atoms with E-state index in [1.165, 1.54) is 0 Å². The Hall–Kier alpha value is -0.950. The Balaban J connectivity index is 5.01. The van der Waals surface area contributed by atoms with Gasteiger partial charge in [0.05, 0.1) is 0 Å². The first-order valence-electron chi connectivity index (χ1n) is 8.81. The third kappa shape index (κ3) is 6.53. The van der Waals surface area contributed by atoms with Crippen LogP contribution in [0.25, 0.3) is 0 Å². The number of unbranched alkanes of at least 4 members (excludes halogenated alkanes) is 6. The summed E-state index contributed by atoms with van der Waals surface area (Å²) in [4.78, 5) is 10.5. The zero-order chi connectivity index (χ0) is 24.9. The van der Waals surface area contributed by atoms with Gasteiger partial charge >= 0.3 is 35.8 Å². The van der Waals surface area contributed by atoms with Gasteiger partial charge in [-0.05, 0) is 24.4 Å². The van der Waals surface area contributed by atoms with Crippen molar-refractivity contribution >= 4 is 16.8 Å². The molecule has 0 fully saturated rings. The summed E-state index contributed by atoms with van der Waals surface area (Å²) >= 11 is 5.08. The van der Waals surface area contributed by atoms with Crippen molar-refractivity contribution in [2.24, 2.45) is 0 Å². The molecule has 0 unspecified atom stereocenters. The second kappa shape index (κ2) is 10.3. The van der Waals surface area contributed by atoms with Crippen molar-refractivity contribution in [3.8, 4) is 0 Å². The average Bonchev–Trinajstić information content (AvgIpc) is 2.58. The summed E-state index contributed by atoms with van der Waals surface area (Å²) in [6, 6.07) is 0. The van der Waals surface area contributed by atoms with Gasteiger partial charge in [0.1, 0.15) is 0 Å². The monoisotopic (exact) mass is 508 g/mol. The zero-order valence-electron chi connectivity index (χ0n) is 15.6. The van der Waals surface area contributed by atoms with Gasteiger partial charge < -0.3 is 0 Å². The highest BCUT2D eigenvalue weighted by molar-refractivity contribution is 6.63.